The molecule has 2 aromatic rings. The number of amides is 1. The Morgan fingerprint density at radius 2 is 1.88 bits per heavy atom. The molecule has 1 amide bonds. The lowest BCUT2D eigenvalue weighted by Gasteiger charge is -2.35. The highest BCUT2D eigenvalue weighted by atomic mass is 16.6. The van der Waals surface area contributed by atoms with E-state index in [1.165, 1.54) is 0 Å². The van der Waals surface area contributed by atoms with Crippen molar-refractivity contribution in [2.24, 2.45) is 0 Å². The quantitative estimate of drug-likeness (QED) is 0.763. The van der Waals surface area contributed by atoms with Crippen LogP contribution in [0.15, 0.2) is 42.5 Å². The van der Waals surface area contributed by atoms with Crippen LogP contribution in [0.5, 0.6) is 11.5 Å². The first-order chi connectivity index (χ1) is 12.7. The average molecular weight is 353 g/mol. The Hall–Kier alpha value is -2.53. The van der Waals surface area contributed by atoms with E-state index in [1.807, 2.05) is 23.1 Å². The normalized spacial score (nSPS) is 23.0. The molecule has 0 spiro atoms. The van der Waals surface area contributed by atoms with Crippen molar-refractivity contribution in [2.75, 3.05) is 19.1 Å². The molecule has 2 aliphatic rings. The van der Waals surface area contributed by atoms with Crippen molar-refractivity contribution >= 4 is 11.6 Å². The van der Waals surface area contributed by atoms with E-state index >= 15 is 0 Å². The predicted molar refractivity (Wildman–Crippen MR) is 99.1 cm³/mol. The summed E-state index contributed by atoms with van der Waals surface area (Å²) in [7, 11) is 3.16. The molecule has 3 atom stereocenters. The molecule has 1 saturated heterocycles. The Balaban J connectivity index is 1.76. The summed E-state index contributed by atoms with van der Waals surface area (Å²) in [5.41, 5.74) is 2.63. The van der Waals surface area contributed by atoms with Gasteiger partial charge in [-0.15, -0.1) is 0 Å². The van der Waals surface area contributed by atoms with Gasteiger partial charge < -0.3 is 19.1 Å². The van der Waals surface area contributed by atoms with E-state index in [9.17, 15) is 4.79 Å². The fraction of sp³-hybridized carbons (Fsp3) is 0.381. The SMILES string of the molecule is CCCC1C2OC2c2ccccc2N1C(=O)c1ccc(OC)c(OC)c1. The van der Waals surface area contributed by atoms with Gasteiger partial charge in [0.2, 0.25) is 0 Å². The monoisotopic (exact) mass is 353 g/mol. The molecule has 3 unspecified atom stereocenters. The predicted octanol–water partition coefficient (Wildman–Crippen LogP) is 3.97. The summed E-state index contributed by atoms with van der Waals surface area (Å²) in [6, 6.07) is 13.4. The molecule has 0 aromatic heterocycles. The van der Waals surface area contributed by atoms with Crippen molar-refractivity contribution < 1.29 is 19.0 Å². The minimum Gasteiger partial charge on any atom is -0.493 e. The van der Waals surface area contributed by atoms with Gasteiger partial charge in [0.25, 0.3) is 5.91 Å². The first-order valence-corrected chi connectivity index (χ1v) is 8.99. The Labute approximate surface area is 153 Å². The summed E-state index contributed by atoms with van der Waals surface area (Å²) in [6.07, 6.45) is 2.12. The van der Waals surface area contributed by atoms with Gasteiger partial charge in [0, 0.05) is 11.1 Å². The van der Waals surface area contributed by atoms with Gasteiger partial charge in [0.1, 0.15) is 12.2 Å². The van der Waals surface area contributed by atoms with Gasteiger partial charge in [-0.2, -0.15) is 0 Å². The maximum absolute atomic E-state index is 13.5. The van der Waals surface area contributed by atoms with E-state index in [1.54, 1.807) is 32.4 Å². The average Bonchev–Trinajstić information content (AvgIpc) is 3.48. The van der Waals surface area contributed by atoms with Crippen LogP contribution in [0, 0.1) is 0 Å². The molecule has 5 nitrogen and oxygen atoms in total. The van der Waals surface area contributed by atoms with Gasteiger partial charge in [-0.1, -0.05) is 31.5 Å². The molecule has 0 radical (unpaired) electrons. The summed E-state index contributed by atoms with van der Waals surface area (Å²) in [5, 5.41) is 0. The number of methoxy groups -OCH3 is 2. The minimum absolute atomic E-state index is 0.0363. The maximum Gasteiger partial charge on any atom is 0.258 e. The lowest BCUT2D eigenvalue weighted by molar-refractivity contribution is 0.0969. The second-order valence-corrected chi connectivity index (χ2v) is 6.68. The van der Waals surface area contributed by atoms with Gasteiger partial charge in [0.15, 0.2) is 11.5 Å². The van der Waals surface area contributed by atoms with E-state index in [0.717, 1.165) is 24.1 Å². The molecule has 0 aliphatic carbocycles. The third kappa shape index (κ3) is 2.63. The number of epoxide rings is 1. The second kappa shape index (κ2) is 6.65. The fourth-order valence-electron chi connectivity index (χ4n) is 3.90. The van der Waals surface area contributed by atoms with Gasteiger partial charge in [-0.25, -0.2) is 0 Å². The summed E-state index contributed by atoms with van der Waals surface area (Å²) in [4.78, 5) is 15.4. The first-order valence-electron chi connectivity index (χ1n) is 8.99. The highest BCUT2D eigenvalue weighted by Crippen LogP contribution is 2.52. The number of para-hydroxylation sites is 1. The number of carbonyl (C=O) groups excluding carboxylic acids is 1. The summed E-state index contributed by atoms with van der Waals surface area (Å²) >= 11 is 0. The number of anilines is 1. The molecule has 0 saturated carbocycles. The third-order valence-electron chi connectivity index (χ3n) is 5.17. The van der Waals surface area contributed by atoms with Gasteiger partial charge in [0.05, 0.1) is 25.9 Å². The number of rotatable bonds is 5. The topological polar surface area (TPSA) is 51.3 Å². The summed E-state index contributed by atoms with van der Waals surface area (Å²) in [5.74, 6) is 1.13. The molecule has 26 heavy (non-hydrogen) atoms. The lowest BCUT2D eigenvalue weighted by Crippen LogP contribution is -2.46. The zero-order valence-electron chi connectivity index (χ0n) is 15.3. The van der Waals surface area contributed by atoms with Gasteiger partial charge in [-0.3, -0.25) is 4.79 Å². The van der Waals surface area contributed by atoms with E-state index in [0.29, 0.717) is 17.1 Å². The molecule has 2 heterocycles. The Morgan fingerprint density at radius 1 is 1.12 bits per heavy atom. The van der Waals surface area contributed by atoms with Crippen molar-refractivity contribution in [1.82, 2.24) is 0 Å². The van der Waals surface area contributed by atoms with E-state index in [-0.39, 0.29) is 24.2 Å². The molecular formula is C21H23NO4. The zero-order chi connectivity index (χ0) is 18.3. The van der Waals surface area contributed by atoms with Crippen molar-refractivity contribution in [3.63, 3.8) is 0 Å². The van der Waals surface area contributed by atoms with Crippen LogP contribution in [0.25, 0.3) is 0 Å². The number of nitrogens with zero attached hydrogens (tertiary/aromatic N) is 1. The third-order valence-corrected chi connectivity index (χ3v) is 5.17. The first kappa shape index (κ1) is 16.9. The smallest absolute Gasteiger partial charge is 0.258 e. The van der Waals surface area contributed by atoms with Crippen LogP contribution in [0.3, 0.4) is 0 Å². The number of benzene rings is 2. The van der Waals surface area contributed by atoms with Crippen LogP contribution in [0.2, 0.25) is 0 Å². The zero-order valence-corrected chi connectivity index (χ0v) is 15.3. The van der Waals surface area contributed by atoms with Crippen molar-refractivity contribution in [1.29, 1.82) is 0 Å². The number of carbonyl (C=O) groups is 1. The van der Waals surface area contributed by atoms with Crippen LogP contribution >= 0.6 is 0 Å². The molecule has 0 N–H and O–H groups in total. The van der Waals surface area contributed by atoms with E-state index < -0.39 is 0 Å². The minimum atomic E-state index is -0.0363. The van der Waals surface area contributed by atoms with Crippen molar-refractivity contribution in [2.45, 2.75) is 38.0 Å². The lowest BCUT2D eigenvalue weighted by atomic mass is 9.92. The maximum atomic E-state index is 13.5. The van der Waals surface area contributed by atoms with Crippen molar-refractivity contribution in [3.05, 3.63) is 53.6 Å². The molecule has 0 bridgehead atoms. The fourth-order valence-corrected chi connectivity index (χ4v) is 3.90. The number of ether oxygens (including phenoxy) is 3. The Morgan fingerprint density at radius 3 is 2.62 bits per heavy atom. The highest BCUT2D eigenvalue weighted by molar-refractivity contribution is 6.08. The summed E-state index contributed by atoms with van der Waals surface area (Å²) < 4.78 is 16.6. The largest absolute Gasteiger partial charge is 0.493 e. The molecule has 2 aliphatic heterocycles. The van der Waals surface area contributed by atoms with Crippen LogP contribution in [0.4, 0.5) is 5.69 Å². The molecular weight excluding hydrogens is 330 g/mol. The Kier molecular flexibility index (Phi) is 4.32. The van der Waals surface area contributed by atoms with Gasteiger partial charge >= 0.3 is 0 Å². The molecule has 4 rings (SSSR count). The van der Waals surface area contributed by atoms with E-state index in [2.05, 4.69) is 13.0 Å². The molecule has 1 fully saturated rings. The second-order valence-electron chi connectivity index (χ2n) is 6.68. The van der Waals surface area contributed by atoms with Crippen LogP contribution in [-0.2, 0) is 4.74 Å². The van der Waals surface area contributed by atoms with E-state index in [4.69, 9.17) is 14.2 Å². The molecule has 5 heteroatoms. The number of fused-ring (bicyclic) bond motifs is 3. The molecule has 136 valence electrons. The van der Waals surface area contributed by atoms with Crippen LogP contribution in [0.1, 0.15) is 41.8 Å². The van der Waals surface area contributed by atoms with Crippen molar-refractivity contribution in [3.8, 4) is 11.5 Å². The van der Waals surface area contributed by atoms with Crippen LogP contribution < -0.4 is 14.4 Å². The van der Waals surface area contributed by atoms with Crippen LogP contribution in [-0.4, -0.2) is 32.3 Å². The number of hydrogen-bond donors (Lipinski definition) is 0. The molecule has 2 aromatic carbocycles. The highest BCUT2D eigenvalue weighted by Gasteiger charge is 2.54. The van der Waals surface area contributed by atoms with Gasteiger partial charge in [-0.05, 0) is 30.7 Å². The Bertz CT molecular complexity index is 835. The number of hydrogen-bond acceptors (Lipinski definition) is 4. The standard InChI is InChI=1S/C21H23NO4/c1-4-7-16-20-19(26-20)14-8-5-6-9-15(14)22(16)21(23)13-10-11-17(24-2)18(12-13)25-3/h5-6,8-12,16,19-20H,4,7H2,1-3H3. The summed E-state index contributed by atoms with van der Waals surface area (Å²) in [6.45, 7) is 2.14.